The van der Waals surface area contributed by atoms with Crippen LogP contribution in [0, 0.1) is 0 Å². The highest BCUT2D eigenvalue weighted by Crippen LogP contribution is 2.38. The van der Waals surface area contributed by atoms with Crippen molar-refractivity contribution in [2.75, 3.05) is 0 Å². The first-order chi connectivity index (χ1) is 11.8. The maximum Gasteiger partial charge on any atom is 0.0782 e. The molecule has 2 aromatic rings. The molecule has 0 unspecified atom stereocenters. The highest BCUT2D eigenvalue weighted by atomic mass is 14.7. The topological polar surface area (TPSA) is 12.4 Å². The Morgan fingerprint density at radius 3 is 1.71 bits per heavy atom. The summed E-state index contributed by atoms with van der Waals surface area (Å²) in [7, 11) is 0. The fourth-order valence-corrected chi connectivity index (χ4v) is 2.53. The molecule has 0 radical (unpaired) electrons. The van der Waals surface area contributed by atoms with E-state index in [2.05, 4.69) is 42.4 Å². The lowest BCUT2D eigenvalue weighted by atomic mass is 9.92. The van der Waals surface area contributed by atoms with Crippen LogP contribution in [0.25, 0.3) is 29.0 Å². The number of fused-ring (bicyclic) bond motifs is 1. The first-order valence-corrected chi connectivity index (χ1v) is 8.73. The van der Waals surface area contributed by atoms with Gasteiger partial charge in [-0.3, -0.25) is 4.99 Å². The Kier molecular flexibility index (Phi) is 10.9. The Morgan fingerprint density at radius 1 is 0.792 bits per heavy atom. The smallest absolute Gasteiger partial charge is 0.0782 e. The molecule has 2 rings (SSSR count). The molecule has 0 spiro atoms. The number of hydrogen-bond donors (Lipinski definition) is 0. The van der Waals surface area contributed by atoms with Crippen LogP contribution in [0.3, 0.4) is 0 Å². The minimum atomic E-state index is 0.935. The third-order valence-corrected chi connectivity index (χ3v) is 3.31. The van der Waals surface area contributed by atoms with Crippen LogP contribution < -0.4 is 0 Å². The normalized spacial score (nSPS) is 10.1. The van der Waals surface area contributed by atoms with Crippen molar-refractivity contribution in [3.05, 3.63) is 60.2 Å². The first-order valence-electron chi connectivity index (χ1n) is 8.73. The second-order valence-electron chi connectivity index (χ2n) is 4.43. The predicted molar refractivity (Wildman–Crippen MR) is 115 cm³/mol. The molecule has 0 bridgehead atoms. The van der Waals surface area contributed by atoms with Crippen molar-refractivity contribution in [3.63, 3.8) is 0 Å². The van der Waals surface area contributed by atoms with Gasteiger partial charge in [0, 0.05) is 17.3 Å². The molecule has 0 N–H and O–H groups in total. The number of allylic oxidation sites excluding steroid dienone is 1. The highest BCUT2D eigenvalue weighted by molar-refractivity contribution is 6.04. The zero-order valence-corrected chi connectivity index (χ0v) is 16.1. The average Bonchev–Trinajstić information content (AvgIpc) is 2.66. The summed E-state index contributed by atoms with van der Waals surface area (Å²) in [5.41, 5.74) is 4.20. The third kappa shape index (κ3) is 4.55. The maximum atomic E-state index is 4.54. The Labute approximate surface area is 148 Å². The van der Waals surface area contributed by atoms with Crippen molar-refractivity contribution >= 4 is 40.9 Å². The summed E-state index contributed by atoms with van der Waals surface area (Å²) in [4.78, 5) is 4.54. The van der Waals surface area contributed by atoms with Crippen LogP contribution in [-0.2, 0) is 0 Å². The van der Waals surface area contributed by atoms with Gasteiger partial charge in [-0.25, -0.2) is 0 Å². The van der Waals surface area contributed by atoms with Gasteiger partial charge in [-0.2, -0.15) is 0 Å². The van der Waals surface area contributed by atoms with E-state index in [4.69, 9.17) is 0 Å². The van der Waals surface area contributed by atoms with E-state index in [1.54, 1.807) is 0 Å². The predicted octanol–water partition coefficient (Wildman–Crippen LogP) is 7.93. The number of aliphatic imine (C=N–C) groups is 1. The van der Waals surface area contributed by atoms with Crippen LogP contribution in [0.4, 0.5) is 5.69 Å². The fourth-order valence-electron chi connectivity index (χ4n) is 2.53. The van der Waals surface area contributed by atoms with Crippen LogP contribution in [0.2, 0.25) is 0 Å². The second-order valence-corrected chi connectivity index (χ2v) is 4.43. The van der Waals surface area contributed by atoms with Gasteiger partial charge in [0.2, 0.25) is 0 Å². The van der Waals surface area contributed by atoms with E-state index in [0.29, 0.717) is 0 Å². The summed E-state index contributed by atoms with van der Waals surface area (Å²) in [6.45, 7) is 19.8. The molecular formula is C23H31N. The maximum absolute atomic E-state index is 4.54. The molecule has 2 aromatic carbocycles. The Balaban J connectivity index is 0.00000123. The van der Waals surface area contributed by atoms with Crippen molar-refractivity contribution in [2.24, 2.45) is 4.99 Å². The van der Waals surface area contributed by atoms with Gasteiger partial charge in [-0.15, -0.1) is 0 Å². The van der Waals surface area contributed by atoms with Crippen LogP contribution in [-0.4, -0.2) is 6.21 Å². The zero-order valence-electron chi connectivity index (χ0n) is 16.1. The largest absolute Gasteiger partial charge is 0.260 e. The van der Waals surface area contributed by atoms with Crippen LogP contribution in [0.1, 0.15) is 58.2 Å². The Hall–Kier alpha value is -2.41. The highest BCUT2D eigenvalue weighted by Gasteiger charge is 2.13. The van der Waals surface area contributed by atoms with E-state index in [1.165, 1.54) is 10.8 Å². The second kappa shape index (κ2) is 12.1. The molecule has 0 aliphatic heterocycles. The van der Waals surface area contributed by atoms with E-state index in [9.17, 15) is 0 Å². The van der Waals surface area contributed by atoms with E-state index in [-0.39, 0.29) is 0 Å². The van der Waals surface area contributed by atoms with Crippen LogP contribution in [0.15, 0.2) is 48.5 Å². The summed E-state index contributed by atoms with van der Waals surface area (Å²) >= 11 is 0. The SMILES string of the molecule is C=Cc1c(N=CC)c(C=C)c2ccccc2c1/C=C\C.CC.CC. The molecule has 0 aromatic heterocycles. The minimum Gasteiger partial charge on any atom is -0.260 e. The molecule has 0 atom stereocenters. The summed E-state index contributed by atoms with van der Waals surface area (Å²) in [5.74, 6) is 0. The van der Waals surface area contributed by atoms with Gasteiger partial charge in [0.15, 0.2) is 0 Å². The molecule has 0 aliphatic carbocycles. The summed E-state index contributed by atoms with van der Waals surface area (Å²) in [6.07, 6.45) is 9.71. The first kappa shape index (κ1) is 21.6. The molecule has 1 nitrogen and oxygen atoms in total. The van der Waals surface area contributed by atoms with Gasteiger partial charge >= 0.3 is 0 Å². The van der Waals surface area contributed by atoms with Gasteiger partial charge in [-0.05, 0) is 30.2 Å². The lowest BCUT2D eigenvalue weighted by Gasteiger charge is -2.14. The molecule has 0 aliphatic rings. The van der Waals surface area contributed by atoms with Crippen molar-refractivity contribution in [3.8, 4) is 0 Å². The number of nitrogens with zero attached hydrogens (tertiary/aromatic N) is 1. The van der Waals surface area contributed by atoms with Crippen molar-refractivity contribution in [1.82, 2.24) is 0 Å². The lowest BCUT2D eigenvalue weighted by Crippen LogP contribution is -1.91. The molecule has 0 saturated heterocycles. The molecule has 0 amide bonds. The van der Waals surface area contributed by atoms with E-state index < -0.39 is 0 Å². The van der Waals surface area contributed by atoms with Gasteiger partial charge in [0.05, 0.1) is 5.69 Å². The van der Waals surface area contributed by atoms with Gasteiger partial charge in [0.1, 0.15) is 0 Å². The van der Waals surface area contributed by atoms with Crippen LogP contribution >= 0.6 is 0 Å². The van der Waals surface area contributed by atoms with Crippen molar-refractivity contribution < 1.29 is 0 Å². The number of hydrogen-bond acceptors (Lipinski definition) is 1. The Morgan fingerprint density at radius 2 is 1.29 bits per heavy atom. The molecular weight excluding hydrogens is 290 g/mol. The number of benzene rings is 2. The van der Waals surface area contributed by atoms with Crippen LogP contribution in [0.5, 0.6) is 0 Å². The summed E-state index contributed by atoms with van der Waals surface area (Å²) < 4.78 is 0. The molecule has 128 valence electrons. The molecule has 0 heterocycles. The van der Waals surface area contributed by atoms with E-state index >= 15 is 0 Å². The Bertz CT molecular complexity index is 718. The minimum absolute atomic E-state index is 0.935. The molecule has 1 heteroatoms. The molecule has 0 fully saturated rings. The van der Waals surface area contributed by atoms with Crippen molar-refractivity contribution in [1.29, 1.82) is 0 Å². The summed E-state index contributed by atoms with van der Waals surface area (Å²) in [5, 5.41) is 2.37. The number of rotatable bonds is 4. The quantitative estimate of drug-likeness (QED) is 0.507. The van der Waals surface area contributed by atoms with E-state index in [0.717, 1.165) is 22.4 Å². The zero-order chi connectivity index (χ0) is 18.5. The third-order valence-electron chi connectivity index (χ3n) is 3.31. The van der Waals surface area contributed by atoms with E-state index in [1.807, 2.05) is 72.1 Å². The average molecular weight is 322 g/mol. The summed E-state index contributed by atoms with van der Waals surface area (Å²) in [6, 6.07) is 8.34. The molecule has 24 heavy (non-hydrogen) atoms. The van der Waals surface area contributed by atoms with Gasteiger partial charge in [-0.1, -0.05) is 89.4 Å². The van der Waals surface area contributed by atoms with Crippen molar-refractivity contribution in [2.45, 2.75) is 41.5 Å². The standard InChI is InChI=1S/C19H19N.2C2H6/c1-5-11-16-14(6-2)19(20-8-4)15(7-3)17-12-9-10-13-18(16)17;2*1-2/h5-13H,2-3H2,1,4H3;2*1-2H3/b11-5-,20-8?;;. The lowest BCUT2D eigenvalue weighted by molar-refractivity contribution is 1.50. The van der Waals surface area contributed by atoms with Gasteiger partial charge in [0.25, 0.3) is 0 Å². The van der Waals surface area contributed by atoms with Gasteiger partial charge < -0.3 is 0 Å². The monoisotopic (exact) mass is 321 g/mol. The molecule has 0 saturated carbocycles. The fraction of sp³-hybridized carbons (Fsp3) is 0.261.